The Morgan fingerprint density at radius 1 is 1.44 bits per heavy atom. The molecule has 3 nitrogen and oxygen atoms in total. The number of nitrogens with zero attached hydrogens (tertiary/aromatic N) is 1. The smallest absolute Gasteiger partial charge is 0.165 e. The van der Waals surface area contributed by atoms with Crippen molar-refractivity contribution in [2.24, 2.45) is 5.92 Å². The first-order valence-corrected chi connectivity index (χ1v) is 6.49. The van der Waals surface area contributed by atoms with E-state index >= 15 is 0 Å². The molecule has 1 aliphatic rings. The Labute approximate surface area is 108 Å². The summed E-state index contributed by atoms with van der Waals surface area (Å²) in [6.07, 6.45) is 0. The summed E-state index contributed by atoms with van der Waals surface area (Å²) in [7, 11) is 2.08. The van der Waals surface area contributed by atoms with Crippen molar-refractivity contribution in [3.05, 3.63) is 29.6 Å². The quantitative estimate of drug-likeness (QED) is 0.836. The zero-order chi connectivity index (χ0) is 13.0. The van der Waals surface area contributed by atoms with Crippen molar-refractivity contribution < 1.29 is 9.13 Å². The molecule has 2 rings (SSSR count). The lowest BCUT2D eigenvalue weighted by atomic mass is 10.0. The zero-order valence-corrected chi connectivity index (χ0v) is 11.1. The highest BCUT2D eigenvalue weighted by Gasteiger charge is 2.18. The summed E-state index contributed by atoms with van der Waals surface area (Å²) in [5.41, 5.74) is 0.991. The van der Waals surface area contributed by atoms with Crippen LogP contribution in [0.1, 0.15) is 12.5 Å². The standard InChI is InChI=1S/C14H21FN2O/c1-3-18-14-5-4-11(6-13(14)15)9-17(2)10-12-7-16-8-12/h4-6,12,16H,3,7-10H2,1-2H3. The van der Waals surface area contributed by atoms with Crippen molar-refractivity contribution in [3.63, 3.8) is 0 Å². The van der Waals surface area contributed by atoms with Gasteiger partial charge in [-0.15, -0.1) is 0 Å². The summed E-state index contributed by atoms with van der Waals surface area (Å²) >= 11 is 0. The normalized spacial score (nSPS) is 15.8. The van der Waals surface area contributed by atoms with Gasteiger partial charge in [-0.25, -0.2) is 4.39 Å². The Kier molecular flexibility index (Phi) is 4.55. The van der Waals surface area contributed by atoms with Gasteiger partial charge in [0.2, 0.25) is 0 Å². The van der Waals surface area contributed by atoms with Crippen molar-refractivity contribution in [2.75, 3.05) is 33.3 Å². The van der Waals surface area contributed by atoms with Crippen LogP contribution in [0.5, 0.6) is 5.75 Å². The van der Waals surface area contributed by atoms with E-state index in [1.807, 2.05) is 13.0 Å². The van der Waals surface area contributed by atoms with E-state index in [-0.39, 0.29) is 5.82 Å². The third kappa shape index (κ3) is 3.43. The molecule has 0 radical (unpaired) electrons. The van der Waals surface area contributed by atoms with Gasteiger partial charge in [-0.3, -0.25) is 0 Å². The minimum Gasteiger partial charge on any atom is -0.491 e. The Hall–Kier alpha value is -1.13. The van der Waals surface area contributed by atoms with Crippen LogP contribution < -0.4 is 10.1 Å². The summed E-state index contributed by atoms with van der Waals surface area (Å²) in [5, 5.41) is 3.26. The van der Waals surface area contributed by atoms with Gasteiger partial charge in [-0.2, -0.15) is 0 Å². The van der Waals surface area contributed by atoms with Gasteiger partial charge >= 0.3 is 0 Å². The second-order valence-electron chi connectivity index (χ2n) is 4.92. The van der Waals surface area contributed by atoms with Crippen LogP contribution in [0, 0.1) is 11.7 Å². The maximum atomic E-state index is 13.7. The Morgan fingerprint density at radius 2 is 2.22 bits per heavy atom. The van der Waals surface area contributed by atoms with Gasteiger partial charge in [0.1, 0.15) is 0 Å². The Morgan fingerprint density at radius 3 is 2.78 bits per heavy atom. The zero-order valence-electron chi connectivity index (χ0n) is 11.1. The minimum absolute atomic E-state index is 0.270. The minimum atomic E-state index is -0.270. The molecule has 0 aromatic heterocycles. The number of benzene rings is 1. The number of hydrogen-bond acceptors (Lipinski definition) is 3. The maximum absolute atomic E-state index is 13.7. The third-order valence-electron chi connectivity index (χ3n) is 3.18. The van der Waals surface area contributed by atoms with Crippen LogP contribution in [0.15, 0.2) is 18.2 Å². The van der Waals surface area contributed by atoms with Gasteiger partial charge in [0.05, 0.1) is 6.61 Å². The van der Waals surface area contributed by atoms with E-state index in [2.05, 4.69) is 17.3 Å². The maximum Gasteiger partial charge on any atom is 0.165 e. The molecular formula is C14H21FN2O. The molecule has 0 amide bonds. The molecule has 1 heterocycles. The summed E-state index contributed by atoms with van der Waals surface area (Å²) in [4.78, 5) is 2.24. The highest BCUT2D eigenvalue weighted by atomic mass is 19.1. The Balaban J connectivity index is 1.89. The first-order chi connectivity index (χ1) is 8.69. The molecule has 1 saturated heterocycles. The lowest BCUT2D eigenvalue weighted by Gasteiger charge is -2.31. The van der Waals surface area contributed by atoms with Crippen molar-refractivity contribution in [1.29, 1.82) is 0 Å². The predicted molar refractivity (Wildman–Crippen MR) is 70.3 cm³/mol. The first kappa shape index (κ1) is 13.3. The average Bonchev–Trinajstić information content (AvgIpc) is 2.28. The van der Waals surface area contributed by atoms with Crippen LogP contribution >= 0.6 is 0 Å². The third-order valence-corrected chi connectivity index (χ3v) is 3.18. The second-order valence-corrected chi connectivity index (χ2v) is 4.92. The predicted octanol–water partition coefficient (Wildman–Crippen LogP) is 1.88. The fourth-order valence-corrected chi connectivity index (χ4v) is 2.21. The van der Waals surface area contributed by atoms with Gasteiger partial charge in [-0.1, -0.05) is 6.07 Å². The fourth-order valence-electron chi connectivity index (χ4n) is 2.21. The molecule has 0 aliphatic carbocycles. The van der Waals surface area contributed by atoms with Gasteiger partial charge < -0.3 is 15.0 Å². The van der Waals surface area contributed by atoms with Crippen LogP contribution in [0.25, 0.3) is 0 Å². The van der Waals surface area contributed by atoms with E-state index in [1.165, 1.54) is 0 Å². The van der Waals surface area contributed by atoms with E-state index in [4.69, 9.17) is 4.74 Å². The van der Waals surface area contributed by atoms with E-state index in [0.29, 0.717) is 12.4 Å². The van der Waals surface area contributed by atoms with Crippen LogP contribution in [0.3, 0.4) is 0 Å². The number of ether oxygens (including phenoxy) is 1. The van der Waals surface area contributed by atoms with Crippen molar-refractivity contribution in [2.45, 2.75) is 13.5 Å². The molecule has 1 aliphatic heterocycles. The number of hydrogen-bond donors (Lipinski definition) is 1. The molecule has 0 spiro atoms. The molecule has 100 valence electrons. The molecular weight excluding hydrogens is 231 g/mol. The van der Waals surface area contributed by atoms with E-state index in [1.54, 1.807) is 12.1 Å². The largest absolute Gasteiger partial charge is 0.491 e. The monoisotopic (exact) mass is 252 g/mol. The molecule has 4 heteroatoms. The van der Waals surface area contributed by atoms with Crippen molar-refractivity contribution >= 4 is 0 Å². The Bertz CT molecular complexity index is 393. The van der Waals surface area contributed by atoms with Gasteiger partial charge in [0, 0.05) is 26.2 Å². The second kappa shape index (κ2) is 6.16. The SMILES string of the molecule is CCOc1ccc(CN(C)CC2CNC2)cc1F. The van der Waals surface area contributed by atoms with Gasteiger partial charge in [-0.05, 0) is 37.6 Å². The molecule has 0 atom stereocenters. The summed E-state index contributed by atoms with van der Waals surface area (Å²) in [5.74, 6) is 0.808. The van der Waals surface area contributed by atoms with Crippen molar-refractivity contribution in [3.8, 4) is 5.75 Å². The topological polar surface area (TPSA) is 24.5 Å². The number of rotatable bonds is 6. The highest BCUT2D eigenvalue weighted by molar-refractivity contribution is 5.29. The summed E-state index contributed by atoms with van der Waals surface area (Å²) in [6, 6.07) is 5.22. The van der Waals surface area contributed by atoms with Crippen LogP contribution in [0.4, 0.5) is 4.39 Å². The summed E-state index contributed by atoms with van der Waals surface area (Å²) < 4.78 is 18.9. The van der Waals surface area contributed by atoms with Crippen LogP contribution in [0.2, 0.25) is 0 Å². The fraction of sp³-hybridized carbons (Fsp3) is 0.571. The van der Waals surface area contributed by atoms with E-state index < -0.39 is 0 Å². The molecule has 1 N–H and O–H groups in total. The van der Waals surface area contributed by atoms with Gasteiger partial charge in [0.15, 0.2) is 11.6 Å². The molecule has 0 saturated carbocycles. The van der Waals surface area contributed by atoms with E-state index in [9.17, 15) is 4.39 Å². The molecule has 0 bridgehead atoms. The molecule has 0 unspecified atom stereocenters. The summed E-state index contributed by atoms with van der Waals surface area (Å²) in [6.45, 7) is 6.38. The first-order valence-electron chi connectivity index (χ1n) is 6.49. The highest BCUT2D eigenvalue weighted by Crippen LogP contribution is 2.19. The number of halogens is 1. The molecule has 18 heavy (non-hydrogen) atoms. The van der Waals surface area contributed by atoms with Crippen LogP contribution in [-0.2, 0) is 6.54 Å². The lowest BCUT2D eigenvalue weighted by Crippen LogP contribution is -2.47. The molecule has 1 fully saturated rings. The van der Waals surface area contributed by atoms with E-state index in [0.717, 1.165) is 37.7 Å². The van der Waals surface area contributed by atoms with Crippen molar-refractivity contribution in [1.82, 2.24) is 10.2 Å². The average molecular weight is 252 g/mol. The number of nitrogens with one attached hydrogen (secondary N) is 1. The van der Waals surface area contributed by atoms with Gasteiger partial charge in [0.25, 0.3) is 0 Å². The van der Waals surface area contributed by atoms with Crippen LogP contribution in [-0.4, -0.2) is 38.2 Å². The molecule has 1 aromatic rings. The lowest BCUT2D eigenvalue weighted by molar-refractivity contribution is 0.218. The molecule has 1 aromatic carbocycles.